The largest absolute Gasteiger partial charge is 0.489 e. The van der Waals surface area contributed by atoms with Gasteiger partial charge in [-0.3, -0.25) is 4.90 Å². The first-order valence-electron chi connectivity index (χ1n) is 8.16. The standard InChI is InChI=1S/C17H24BrNO4Si/c1-17(2,3)24(4,5)22-10-15-13-9-21-14-8-11(18)6-7-12(14)19(13)16(20)23-15/h6-8,13,15H,9-10H2,1-5H3/t13-,15+/m1/s1. The molecule has 0 bridgehead atoms. The Kier molecular flexibility index (Phi) is 4.47. The molecule has 0 spiro atoms. The predicted octanol–water partition coefficient (Wildman–Crippen LogP) is 4.56. The lowest BCUT2D eigenvalue weighted by atomic mass is 10.1. The summed E-state index contributed by atoms with van der Waals surface area (Å²) in [4.78, 5) is 14.1. The molecular formula is C17H24BrNO4Si. The van der Waals surface area contributed by atoms with Gasteiger partial charge in [-0.1, -0.05) is 36.7 Å². The Labute approximate surface area is 152 Å². The second kappa shape index (κ2) is 6.03. The number of carbonyl (C=O) groups is 1. The Morgan fingerprint density at radius 1 is 1.38 bits per heavy atom. The lowest BCUT2D eigenvalue weighted by molar-refractivity contribution is 0.0770. The molecule has 1 amide bonds. The Bertz CT molecular complexity index is 658. The van der Waals surface area contributed by atoms with Crippen LogP contribution in [0.15, 0.2) is 22.7 Å². The fraction of sp³-hybridized carbons (Fsp3) is 0.588. The van der Waals surface area contributed by atoms with Gasteiger partial charge in [-0.2, -0.15) is 0 Å². The molecule has 1 aromatic carbocycles. The van der Waals surface area contributed by atoms with Gasteiger partial charge in [0.15, 0.2) is 8.32 Å². The van der Waals surface area contributed by atoms with Crippen molar-refractivity contribution in [3.05, 3.63) is 22.7 Å². The average Bonchev–Trinajstić information content (AvgIpc) is 2.80. The van der Waals surface area contributed by atoms with Crippen LogP contribution in [0.25, 0.3) is 0 Å². The topological polar surface area (TPSA) is 48.0 Å². The summed E-state index contributed by atoms with van der Waals surface area (Å²) in [5.74, 6) is 0.698. The molecule has 0 unspecified atom stereocenters. The van der Waals surface area contributed by atoms with E-state index in [2.05, 4.69) is 49.8 Å². The lowest BCUT2D eigenvalue weighted by Gasteiger charge is -2.37. The Morgan fingerprint density at radius 2 is 2.08 bits per heavy atom. The number of amides is 1. The Balaban J connectivity index is 1.76. The van der Waals surface area contributed by atoms with Gasteiger partial charge in [-0.15, -0.1) is 0 Å². The SMILES string of the molecule is CC(C)(C)[Si](C)(C)OC[C@@H]1OC(=O)N2c3ccc(Br)cc3OC[C@H]12. The van der Waals surface area contributed by atoms with E-state index in [1.807, 2.05) is 18.2 Å². The van der Waals surface area contributed by atoms with E-state index in [0.29, 0.717) is 19.0 Å². The van der Waals surface area contributed by atoms with Crippen LogP contribution in [0.3, 0.4) is 0 Å². The van der Waals surface area contributed by atoms with Gasteiger partial charge in [0.25, 0.3) is 0 Å². The number of halogens is 1. The molecule has 1 saturated heterocycles. The zero-order valence-corrected chi connectivity index (χ0v) is 17.3. The fourth-order valence-electron chi connectivity index (χ4n) is 2.66. The number of carbonyl (C=O) groups excluding carboxylic acids is 1. The van der Waals surface area contributed by atoms with Crippen LogP contribution in [0.4, 0.5) is 10.5 Å². The summed E-state index contributed by atoms with van der Waals surface area (Å²) in [6.07, 6.45) is -0.626. The minimum absolute atomic E-state index is 0.122. The van der Waals surface area contributed by atoms with Gasteiger partial charge in [0.1, 0.15) is 24.5 Å². The van der Waals surface area contributed by atoms with Crippen LogP contribution in [-0.4, -0.2) is 39.8 Å². The molecule has 1 fully saturated rings. The molecule has 0 saturated carbocycles. The molecule has 3 rings (SSSR count). The zero-order chi connectivity index (χ0) is 17.7. The van der Waals surface area contributed by atoms with Crippen molar-refractivity contribution < 1.29 is 18.7 Å². The third-order valence-corrected chi connectivity index (χ3v) is 10.2. The number of rotatable bonds is 3. The summed E-state index contributed by atoms with van der Waals surface area (Å²) in [6, 6.07) is 5.51. The Hall–Kier alpha value is -1.05. The maximum absolute atomic E-state index is 12.4. The number of cyclic esters (lactones) is 1. The van der Waals surface area contributed by atoms with E-state index in [4.69, 9.17) is 13.9 Å². The molecule has 0 aliphatic carbocycles. The van der Waals surface area contributed by atoms with Crippen molar-refractivity contribution in [3.63, 3.8) is 0 Å². The molecule has 2 aliphatic rings. The third kappa shape index (κ3) is 3.09. The van der Waals surface area contributed by atoms with Crippen molar-refractivity contribution in [2.24, 2.45) is 0 Å². The first-order chi connectivity index (χ1) is 11.1. The van der Waals surface area contributed by atoms with Crippen LogP contribution < -0.4 is 9.64 Å². The van der Waals surface area contributed by atoms with Crippen LogP contribution in [0.5, 0.6) is 5.75 Å². The van der Waals surface area contributed by atoms with E-state index in [1.165, 1.54) is 0 Å². The molecule has 2 atom stereocenters. The first kappa shape index (κ1) is 17.8. The molecule has 0 N–H and O–H groups in total. The summed E-state index contributed by atoms with van der Waals surface area (Å²) in [5, 5.41) is 0.122. The van der Waals surface area contributed by atoms with Gasteiger partial charge in [-0.25, -0.2) is 4.79 Å². The van der Waals surface area contributed by atoms with Gasteiger partial charge in [0, 0.05) is 4.47 Å². The molecule has 0 radical (unpaired) electrons. The van der Waals surface area contributed by atoms with Gasteiger partial charge in [-0.05, 0) is 36.3 Å². The maximum atomic E-state index is 12.4. The average molecular weight is 414 g/mol. The number of ether oxygens (including phenoxy) is 2. The number of anilines is 1. The molecule has 5 nitrogen and oxygen atoms in total. The van der Waals surface area contributed by atoms with Crippen molar-refractivity contribution >= 4 is 36.0 Å². The highest BCUT2D eigenvalue weighted by Crippen LogP contribution is 2.41. The molecule has 24 heavy (non-hydrogen) atoms. The monoisotopic (exact) mass is 413 g/mol. The molecule has 132 valence electrons. The second-order valence-electron chi connectivity index (χ2n) is 7.85. The summed E-state index contributed by atoms with van der Waals surface area (Å²) >= 11 is 3.43. The molecular weight excluding hydrogens is 390 g/mol. The number of benzene rings is 1. The molecule has 2 heterocycles. The highest BCUT2D eigenvalue weighted by Gasteiger charge is 2.48. The molecule has 1 aromatic rings. The maximum Gasteiger partial charge on any atom is 0.415 e. The normalized spacial score (nSPS) is 23.4. The number of hydrogen-bond donors (Lipinski definition) is 0. The minimum Gasteiger partial charge on any atom is -0.489 e. The number of nitrogens with zero attached hydrogens (tertiary/aromatic N) is 1. The quantitative estimate of drug-likeness (QED) is 0.681. The minimum atomic E-state index is -1.89. The van der Waals surface area contributed by atoms with Crippen molar-refractivity contribution in [2.75, 3.05) is 18.1 Å². The van der Waals surface area contributed by atoms with Crippen molar-refractivity contribution in [2.45, 2.75) is 51.0 Å². The highest BCUT2D eigenvalue weighted by atomic mass is 79.9. The lowest BCUT2D eigenvalue weighted by Crippen LogP contribution is -2.48. The smallest absolute Gasteiger partial charge is 0.415 e. The van der Waals surface area contributed by atoms with E-state index in [9.17, 15) is 4.79 Å². The second-order valence-corrected chi connectivity index (χ2v) is 13.6. The summed E-state index contributed by atoms with van der Waals surface area (Å²) in [7, 11) is -1.89. The first-order valence-corrected chi connectivity index (χ1v) is 11.9. The third-order valence-electron chi connectivity index (χ3n) is 5.22. The highest BCUT2D eigenvalue weighted by molar-refractivity contribution is 9.10. The van der Waals surface area contributed by atoms with Crippen molar-refractivity contribution in [3.8, 4) is 5.75 Å². The van der Waals surface area contributed by atoms with Crippen LogP contribution in [0.2, 0.25) is 18.1 Å². The van der Waals surface area contributed by atoms with E-state index >= 15 is 0 Å². The van der Waals surface area contributed by atoms with Crippen LogP contribution in [-0.2, 0) is 9.16 Å². The molecule has 2 aliphatic heterocycles. The number of fused-ring (bicyclic) bond motifs is 3. The number of hydrogen-bond acceptors (Lipinski definition) is 4. The van der Waals surface area contributed by atoms with Crippen LogP contribution >= 0.6 is 15.9 Å². The predicted molar refractivity (Wildman–Crippen MR) is 99.3 cm³/mol. The van der Waals surface area contributed by atoms with Gasteiger partial charge in [0.2, 0.25) is 0 Å². The summed E-state index contributed by atoms with van der Waals surface area (Å²) < 4.78 is 18.6. The van der Waals surface area contributed by atoms with Gasteiger partial charge >= 0.3 is 6.09 Å². The van der Waals surface area contributed by atoms with Crippen LogP contribution in [0.1, 0.15) is 20.8 Å². The fourth-order valence-corrected chi connectivity index (χ4v) is 4.01. The molecule has 0 aromatic heterocycles. The summed E-state index contributed by atoms with van der Waals surface area (Å²) in [5.41, 5.74) is 0.759. The van der Waals surface area contributed by atoms with Crippen molar-refractivity contribution in [1.29, 1.82) is 0 Å². The van der Waals surface area contributed by atoms with E-state index in [1.54, 1.807) is 4.90 Å². The Morgan fingerprint density at radius 3 is 2.75 bits per heavy atom. The molecule has 7 heteroatoms. The summed E-state index contributed by atoms with van der Waals surface area (Å²) in [6.45, 7) is 11.8. The van der Waals surface area contributed by atoms with E-state index in [0.717, 1.165) is 10.2 Å². The van der Waals surface area contributed by atoms with Crippen molar-refractivity contribution in [1.82, 2.24) is 0 Å². The van der Waals surface area contributed by atoms with Gasteiger partial charge in [0.05, 0.1) is 12.3 Å². The van der Waals surface area contributed by atoms with Crippen LogP contribution in [0, 0.1) is 0 Å². The van der Waals surface area contributed by atoms with E-state index in [-0.39, 0.29) is 23.3 Å². The van der Waals surface area contributed by atoms with E-state index < -0.39 is 8.32 Å². The van der Waals surface area contributed by atoms with Gasteiger partial charge < -0.3 is 13.9 Å². The zero-order valence-electron chi connectivity index (χ0n) is 14.8.